The van der Waals surface area contributed by atoms with Crippen LogP contribution in [0.1, 0.15) is 24.5 Å². The molecule has 0 saturated carbocycles. The number of methoxy groups -OCH3 is 1. The van der Waals surface area contributed by atoms with E-state index in [-0.39, 0.29) is 11.9 Å². The predicted molar refractivity (Wildman–Crippen MR) is 90.9 cm³/mol. The Labute approximate surface area is 139 Å². The molecule has 5 heteroatoms. The SMILES string of the molecule is CC[C@@H](CN1CCOCC1)NC(=O)Cc1cc(C)ccc1OC. The Morgan fingerprint density at radius 3 is 2.78 bits per heavy atom. The van der Waals surface area contributed by atoms with E-state index in [1.54, 1.807) is 7.11 Å². The fraction of sp³-hybridized carbons (Fsp3) is 0.611. The Balaban J connectivity index is 1.90. The third-order valence-corrected chi connectivity index (χ3v) is 4.23. The van der Waals surface area contributed by atoms with E-state index in [1.165, 1.54) is 0 Å². The van der Waals surface area contributed by atoms with Crippen molar-refractivity contribution < 1.29 is 14.3 Å². The lowest BCUT2D eigenvalue weighted by Gasteiger charge is -2.30. The molecule has 1 aliphatic rings. The zero-order chi connectivity index (χ0) is 16.7. The molecule has 1 aromatic rings. The number of benzene rings is 1. The molecule has 1 fully saturated rings. The molecule has 0 unspecified atom stereocenters. The summed E-state index contributed by atoms with van der Waals surface area (Å²) in [4.78, 5) is 14.7. The van der Waals surface area contributed by atoms with Crippen LogP contribution in [0.15, 0.2) is 18.2 Å². The van der Waals surface area contributed by atoms with E-state index in [0.717, 1.165) is 56.1 Å². The van der Waals surface area contributed by atoms with Gasteiger partial charge in [0.05, 0.1) is 26.7 Å². The van der Waals surface area contributed by atoms with Crippen LogP contribution in [0.4, 0.5) is 0 Å². The molecule has 1 amide bonds. The summed E-state index contributed by atoms with van der Waals surface area (Å²) in [6.45, 7) is 8.47. The quantitative estimate of drug-likeness (QED) is 0.832. The molecule has 5 nitrogen and oxygen atoms in total. The second kappa shape index (κ2) is 8.89. The van der Waals surface area contributed by atoms with Gasteiger partial charge in [0.2, 0.25) is 5.91 Å². The first kappa shape index (κ1) is 17.8. The third-order valence-electron chi connectivity index (χ3n) is 4.23. The fourth-order valence-electron chi connectivity index (χ4n) is 2.87. The van der Waals surface area contributed by atoms with Gasteiger partial charge in [-0.25, -0.2) is 0 Å². The molecule has 0 aliphatic carbocycles. The van der Waals surface area contributed by atoms with Gasteiger partial charge in [-0.1, -0.05) is 24.6 Å². The highest BCUT2D eigenvalue weighted by Gasteiger charge is 2.18. The van der Waals surface area contributed by atoms with Gasteiger partial charge in [-0.05, 0) is 19.4 Å². The molecule has 0 spiro atoms. The smallest absolute Gasteiger partial charge is 0.224 e. The maximum absolute atomic E-state index is 12.4. The molecular formula is C18H28N2O3. The van der Waals surface area contributed by atoms with Gasteiger partial charge in [-0.3, -0.25) is 9.69 Å². The minimum atomic E-state index is 0.0500. The van der Waals surface area contributed by atoms with Gasteiger partial charge in [0.1, 0.15) is 5.75 Å². The Morgan fingerprint density at radius 2 is 2.13 bits per heavy atom. The standard InChI is InChI=1S/C18H28N2O3/c1-4-16(13-20-7-9-23-10-8-20)19-18(21)12-15-11-14(2)5-6-17(15)22-3/h5-6,11,16H,4,7-10,12-13H2,1-3H3,(H,19,21)/t16-/m0/s1. The van der Waals surface area contributed by atoms with Crippen LogP contribution in [0.25, 0.3) is 0 Å². The number of carbonyl (C=O) groups excluding carboxylic acids is 1. The van der Waals surface area contributed by atoms with Crippen molar-refractivity contribution >= 4 is 5.91 Å². The van der Waals surface area contributed by atoms with Crippen molar-refractivity contribution in [2.45, 2.75) is 32.7 Å². The van der Waals surface area contributed by atoms with Gasteiger partial charge in [0, 0.05) is 31.2 Å². The summed E-state index contributed by atoms with van der Waals surface area (Å²) >= 11 is 0. The van der Waals surface area contributed by atoms with E-state index in [1.807, 2.05) is 25.1 Å². The molecule has 1 saturated heterocycles. The Kier molecular flexibility index (Phi) is 6.86. The van der Waals surface area contributed by atoms with E-state index in [4.69, 9.17) is 9.47 Å². The van der Waals surface area contributed by atoms with Crippen LogP contribution in [0.3, 0.4) is 0 Å². The zero-order valence-corrected chi connectivity index (χ0v) is 14.4. The first-order valence-electron chi connectivity index (χ1n) is 8.35. The summed E-state index contributed by atoms with van der Waals surface area (Å²) in [6.07, 6.45) is 1.28. The minimum absolute atomic E-state index is 0.0500. The summed E-state index contributed by atoms with van der Waals surface area (Å²) in [7, 11) is 1.64. The normalized spacial score (nSPS) is 16.8. The lowest BCUT2D eigenvalue weighted by Crippen LogP contribution is -2.47. The molecule has 1 heterocycles. The summed E-state index contributed by atoms with van der Waals surface area (Å²) in [5.41, 5.74) is 2.07. The minimum Gasteiger partial charge on any atom is -0.496 e. The fourth-order valence-corrected chi connectivity index (χ4v) is 2.87. The summed E-state index contributed by atoms with van der Waals surface area (Å²) < 4.78 is 10.7. The number of ether oxygens (including phenoxy) is 2. The highest BCUT2D eigenvalue weighted by molar-refractivity contribution is 5.79. The van der Waals surface area contributed by atoms with Gasteiger partial charge in [-0.2, -0.15) is 0 Å². The molecule has 23 heavy (non-hydrogen) atoms. The van der Waals surface area contributed by atoms with Crippen LogP contribution in [-0.4, -0.2) is 56.8 Å². The van der Waals surface area contributed by atoms with E-state index < -0.39 is 0 Å². The number of nitrogens with one attached hydrogen (secondary N) is 1. The van der Waals surface area contributed by atoms with Crippen LogP contribution in [0, 0.1) is 6.92 Å². The van der Waals surface area contributed by atoms with Gasteiger partial charge in [-0.15, -0.1) is 0 Å². The van der Waals surface area contributed by atoms with Crippen LogP contribution in [-0.2, 0) is 16.0 Å². The van der Waals surface area contributed by atoms with Crippen molar-refractivity contribution in [2.24, 2.45) is 0 Å². The molecule has 1 aliphatic heterocycles. The number of morpholine rings is 1. The second-order valence-electron chi connectivity index (χ2n) is 6.08. The molecular weight excluding hydrogens is 292 g/mol. The molecule has 128 valence electrons. The van der Waals surface area contributed by atoms with Crippen LogP contribution in [0.2, 0.25) is 0 Å². The molecule has 0 aromatic heterocycles. The van der Waals surface area contributed by atoms with Gasteiger partial charge in [0.25, 0.3) is 0 Å². The van der Waals surface area contributed by atoms with Gasteiger partial charge < -0.3 is 14.8 Å². The van der Waals surface area contributed by atoms with Crippen molar-refractivity contribution in [3.63, 3.8) is 0 Å². The van der Waals surface area contributed by atoms with Crippen LogP contribution in [0.5, 0.6) is 5.75 Å². The number of rotatable bonds is 7. The molecule has 1 N–H and O–H groups in total. The molecule has 2 rings (SSSR count). The van der Waals surface area contributed by atoms with Crippen LogP contribution >= 0.6 is 0 Å². The monoisotopic (exact) mass is 320 g/mol. The largest absolute Gasteiger partial charge is 0.496 e. The first-order chi connectivity index (χ1) is 11.1. The molecule has 0 bridgehead atoms. The van der Waals surface area contributed by atoms with Gasteiger partial charge in [0.15, 0.2) is 0 Å². The lowest BCUT2D eigenvalue weighted by atomic mass is 10.1. The Hall–Kier alpha value is -1.59. The number of carbonyl (C=O) groups is 1. The summed E-state index contributed by atoms with van der Waals surface area (Å²) in [5.74, 6) is 0.820. The number of nitrogens with zero attached hydrogens (tertiary/aromatic N) is 1. The summed E-state index contributed by atoms with van der Waals surface area (Å²) in [6, 6.07) is 6.11. The van der Waals surface area contributed by atoms with E-state index in [2.05, 4.69) is 17.1 Å². The highest BCUT2D eigenvalue weighted by atomic mass is 16.5. The first-order valence-corrected chi connectivity index (χ1v) is 8.35. The number of amides is 1. The summed E-state index contributed by atoms with van der Waals surface area (Å²) in [5, 5.41) is 3.16. The Morgan fingerprint density at radius 1 is 1.39 bits per heavy atom. The number of hydrogen-bond donors (Lipinski definition) is 1. The average Bonchev–Trinajstić information content (AvgIpc) is 2.55. The van der Waals surface area contributed by atoms with Crippen molar-refractivity contribution in [1.29, 1.82) is 0 Å². The van der Waals surface area contributed by atoms with E-state index in [9.17, 15) is 4.79 Å². The molecule has 1 aromatic carbocycles. The second-order valence-corrected chi connectivity index (χ2v) is 6.08. The predicted octanol–water partition coefficient (Wildman–Crippen LogP) is 1.77. The average molecular weight is 320 g/mol. The van der Waals surface area contributed by atoms with E-state index >= 15 is 0 Å². The van der Waals surface area contributed by atoms with E-state index in [0.29, 0.717) is 6.42 Å². The van der Waals surface area contributed by atoms with Crippen molar-refractivity contribution in [2.75, 3.05) is 40.0 Å². The topological polar surface area (TPSA) is 50.8 Å². The molecule has 1 atom stereocenters. The van der Waals surface area contributed by atoms with Crippen molar-refractivity contribution in [1.82, 2.24) is 10.2 Å². The Bertz CT molecular complexity index is 513. The number of aryl methyl sites for hydroxylation is 1. The van der Waals surface area contributed by atoms with Gasteiger partial charge >= 0.3 is 0 Å². The lowest BCUT2D eigenvalue weighted by molar-refractivity contribution is -0.121. The number of hydrogen-bond acceptors (Lipinski definition) is 4. The zero-order valence-electron chi connectivity index (χ0n) is 14.4. The van der Waals surface area contributed by atoms with Crippen molar-refractivity contribution in [3.8, 4) is 5.75 Å². The maximum atomic E-state index is 12.4. The van der Waals surface area contributed by atoms with Crippen molar-refractivity contribution in [3.05, 3.63) is 29.3 Å². The third kappa shape index (κ3) is 5.52. The maximum Gasteiger partial charge on any atom is 0.224 e. The molecule has 0 radical (unpaired) electrons. The highest BCUT2D eigenvalue weighted by Crippen LogP contribution is 2.20. The van der Waals surface area contributed by atoms with Crippen LogP contribution < -0.4 is 10.1 Å².